The first-order chi connectivity index (χ1) is 15.8. The first-order valence-electron chi connectivity index (χ1n) is 11.1. The summed E-state index contributed by atoms with van der Waals surface area (Å²) < 4.78 is 25.3. The molecule has 6 nitrogen and oxygen atoms in total. The van der Waals surface area contributed by atoms with Crippen LogP contribution in [0.3, 0.4) is 0 Å². The molecule has 3 aliphatic rings. The highest BCUT2D eigenvalue weighted by Crippen LogP contribution is 2.44. The average molecular weight is 451 g/mol. The third kappa shape index (κ3) is 4.19. The van der Waals surface area contributed by atoms with Gasteiger partial charge in [0.05, 0.1) is 30.6 Å². The van der Waals surface area contributed by atoms with Crippen molar-refractivity contribution in [1.29, 1.82) is 0 Å². The van der Waals surface area contributed by atoms with Crippen LogP contribution in [0.15, 0.2) is 54.3 Å². The largest absolute Gasteiger partial charge is 0.482 e. The number of aliphatic hydroxyl groups is 1. The lowest BCUT2D eigenvalue weighted by Gasteiger charge is -2.32. The number of benzene rings is 2. The van der Waals surface area contributed by atoms with Crippen LogP contribution in [0, 0.1) is 5.82 Å². The van der Waals surface area contributed by atoms with E-state index in [1.165, 1.54) is 17.7 Å². The zero-order valence-corrected chi connectivity index (χ0v) is 18.7. The molecule has 0 spiro atoms. The second-order valence-electron chi connectivity index (χ2n) is 9.16. The summed E-state index contributed by atoms with van der Waals surface area (Å²) in [6.07, 6.45) is 1.79. The Morgan fingerprint density at radius 2 is 2.00 bits per heavy atom. The van der Waals surface area contributed by atoms with Gasteiger partial charge in [0.15, 0.2) is 0 Å². The van der Waals surface area contributed by atoms with Gasteiger partial charge >= 0.3 is 0 Å². The van der Waals surface area contributed by atoms with Crippen LogP contribution in [0.4, 0.5) is 10.1 Å². The molecule has 5 rings (SSSR count). The Bertz CT molecular complexity index is 1150. The van der Waals surface area contributed by atoms with Crippen molar-refractivity contribution in [2.75, 3.05) is 31.6 Å². The molecule has 33 heavy (non-hydrogen) atoms. The van der Waals surface area contributed by atoms with Crippen molar-refractivity contribution in [3.63, 3.8) is 0 Å². The number of fused-ring (bicyclic) bond motifs is 1. The maximum atomic E-state index is 13.6. The molecular formula is C26H27FN2O4. The third-order valence-electron chi connectivity index (χ3n) is 6.36. The number of halogens is 1. The average Bonchev–Trinajstić information content (AvgIpc) is 3.28. The van der Waals surface area contributed by atoms with Gasteiger partial charge in [0.1, 0.15) is 17.2 Å². The summed E-state index contributed by atoms with van der Waals surface area (Å²) in [5.41, 5.74) is 4.09. The Morgan fingerprint density at radius 3 is 2.76 bits per heavy atom. The number of rotatable bonds is 4. The molecule has 0 saturated carbocycles. The van der Waals surface area contributed by atoms with Gasteiger partial charge in [-0.1, -0.05) is 24.3 Å². The Balaban J connectivity index is 1.41. The van der Waals surface area contributed by atoms with Crippen LogP contribution in [0.25, 0.3) is 11.1 Å². The number of anilines is 1. The normalized spacial score (nSPS) is 24.3. The van der Waals surface area contributed by atoms with Crippen molar-refractivity contribution in [1.82, 2.24) is 4.90 Å². The van der Waals surface area contributed by atoms with Gasteiger partial charge in [-0.15, -0.1) is 0 Å². The number of aliphatic hydroxyl groups excluding tert-OH is 1. The first-order valence-corrected chi connectivity index (χ1v) is 11.1. The van der Waals surface area contributed by atoms with Crippen LogP contribution in [0.1, 0.15) is 30.5 Å². The number of hydrogen-bond donors (Lipinski definition) is 2. The molecule has 1 saturated heterocycles. The van der Waals surface area contributed by atoms with E-state index in [1.807, 2.05) is 19.9 Å². The fourth-order valence-electron chi connectivity index (χ4n) is 4.69. The number of allylic oxidation sites excluding steroid dienone is 1. The number of hydrogen-bond acceptors (Lipinski definition) is 5. The zero-order chi connectivity index (χ0) is 23.2. The van der Waals surface area contributed by atoms with Crippen molar-refractivity contribution in [2.24, 2.45) is 0 Å². The standard InChI is InChI=1S/C26H27FN2O4/c1-26(2)21(12-23(33-26)24-20-8-7-18(27)11-22(20)28-25(24)31)17-5-3-16(4-6-17)13-29-9-10-32-19(14-29)15-30/h3-8,11-12,19,30H,9-10,13-15H2,1-2H3,(H,28,31)/b24-23+. The monoisotopic (exact) mass is 450 g/mol. The second-order valence-corrected chi connectivity index (χ2v) is 9.16. The molecule has 0 bridgehead atoms. The lowest BCUT2D eigenvalue weighted by Crippen LogP contribution is -2.43. The molecule has 3 heterocycles. The smallest absolute Gasteiger partial charge is 0.260 e. The highest BCUT2D eigenvalue weighted by atomic mass is 19.1. The molecule has 172 valence electrons. The molecule has 1 atom stereocenters. The van der Waals surface area contributed by atoms with Crippen molar-refractivity contribution in [3.05, 3.63) is 76.8 Å². The van der Waals surface area contributed by atoms with E-state index >= 15 is 0 Å². The minimum absolute atomic E-state index is 0.0357. The number of nitrogens with zero attached hydrogens (tertiary/aromatic N) is 1. The summed E-state index contributed by atoms with van der Waals surface area (Å²) >= 11 is 0. The summed E-state index contributed by atoms with van der Waals surface area (Å²) in [4.78, 5) is 14.9. The quantitative estimate of drug-likeness (QED) is 0.697. The molecule has 0 aromatic heterocycles. The summed E-state index contributed by atoms with van der Waals surface area (Å²) in [5, 5.41) is 12.1. The summed E-state index contributed by atoms with van der Waals surface area (Å²) in [7, 11) is 0. The lowest BCUT2D eigenvalue weighted by molar-refractivity contribution is -0.111. The molecule has 1 amide bonds. The molecule has 1 fully saturated rings. The summed E-state index contributed by atoms with van der Waals surface area (Å²) in [6, 6.07) is 12.6. The zero-order valence-electron chi connectivity index (χ0n) is 18.7. The van der Waals surface area contributed by atoms with Gasteiger partial charge in [-0.25, -0.2) is 4.39 Å². The summed E-state index contributed by atoms with van der Waals surface area (Å²) in [6.45, 7) is 6.96. The van der Waals surface area contributed by atoms with Crippen LogP contribution >= 0.6 is 0 Å². The van der Waals surface area contributed by atoms with Crippen LogP contribution in [-0.4, -0.2) is 53.9 Å². The van der Waals surface area contributed by atoms with E-state index in [2.05, 4.69) is 34.5 Å². The highest BCUT2D eigenvalue weighted by Gasteiger charge is 2.38. The predicted molar refractivity (Wildman–Crippen MR) is 124 cm³/mol. The molecule has 7 heteroatoms. The van der Waals surface area contributed by atoms with E-state index in [4.69, 9.17) is 9.47 Å². The fourth-order valence-corrected chi connectivity index (χ4v) is 4.69. The van der Waals surface area contributed by atoms with E-state index in [0.29, 0.717) is 35.7 Å². The lowest BCUT2D eigenvalue weighted by atomic mass is 9.91. The topological polar surface area (TPSA) is 71.0 Å². The molecular weight excluding hydrogens is 423 g/mol. The van der Waals surface area contributed by atoms with Gasteiger partial charge in [0, 0.05) is 30.8 Å². The number of carbonyl (C=O) groups excluding carboxylic acids is 1. The van der Waals surface area contributed by atoms with Gasteiger partial charge in [0.2, 0.25) is 0 Å². The molecule has 3 aliphatic heterocycles. The van der Waals surface area contributed by atoms with Crippen molar-refractivity contribution < 1.29 is 23.8 Å². The van der Waals surface area contributed by atoms with E-state index in [0.717, 1.165) is 24.2 Å². The Labute approximate surface area is 192 Å². The van der Waals surface area contributed by atoms with Crippen molar-refractivity contribution >= 4 is 22.7 Å². The van der Waals surface area contributed by atoms with E-state index < -0.39 is 11.4 Å². The Hall–Kier alpha value is -3.00. The van der Waals surface area contributed by atoms with Gasteiger partial charge < -0.3 is 19.9 Å². The second kappa shape index (κ2) is 8.41. The maximum absolute atomic E-state index is 13.6. The SMILES string of the molecule is CC1(C)O/C(=C2/C(=O)Nc3cc(F)ccc32)C=C1c1ccc(CN2CCOC(CO)C2)cc1. The highest BCUT2D eigenvalue weighted by molar-refractivity contribution is 6.32. The molecule has 0 radical (unpaired) electrons. The number of amides is 1. The van der Waals surface area contributed by atoms with Crippen molar-refractivity contribution in [2.45, 2.75) is 32.1 Å². The van der Waals surface area contributed by atoms with E-state index in [1.54, 1.807) is 6.07 Å². The number of ether oxygens (including phenoxy) is 2. The predicted octanol–water partition coefficient (Wildman–Crippen LogP) is 3.57. The molecule has 1 unspecified atom stereocenters. The van der Waals surface area contributed by atoms with Crippen LogP contribution in [0.2, 0.25) is 0 Å². The third-order valence-corrected chi connectivity index (χ3v) is 6.36. The maximum Gasteiger partial charge on any atom is 0.260 e. The fraction of sp³-hybridized carbons (Fsp3) is 0.346. The number of carbonyl (C=O) groups is 1. The van der Waals surface area contributed by atoms with Gasteiger partial charge in [-0.3, -0.25) is 9.69 Å². The van der Waals surface area contributed by atoms with Gasteiger partial charge in [0.25, 0.3) is 5.91 Å². The minimum Gasteiger partial charge on any atom is -0.482 e. The number of morpholine rings is 1. The summed E-state index contributed by atoms with van der Waals surface area (Å²) in [5.74, 6) is -0.195. The van der Waals surface area contributed by atoms with E-state index in [-0.39, 0.29) is 18.6 Å². The van der Waals surface area contributed by atoms with E-state index in [9.17, 15) is 14.3 Å². The minimum atomic E-state index is -0.620. The molecule has 2 aromatic rings. The van der Waals surface area contributed by atoms with Gasteiger partial charge in [-0.05, 0) is 49.2 Å². The van der Waals surface area contributed by atoms with Crippen LogP contribution in [0.5, 0.6) is 0 Å². The molecule has 0 aliphatic carbocycles. The van der Waals surface area contributed by atoms with Crippen LogP contribution in [-0.2, 0) is 20.8 Å². The van der Waals surface area contributed by atoms with Gasteiger partial charge in [-0.2, -0.15) is 0 Å². The Kier molecular flexibility index (Phi) is 5.56. The molecule has 2 aromatic carbocycles. The first kappa shape index (κ1) is 21.8. The Morgan fingerprint density at radius 1 is 1.21 bits per heavy atom. The van der Waals surface area contributed by atoms with Crippen molar-refractivity contribution in [3.8, 4) is 0 Å². The number of nitrogens with one attached hydrogen (secondary N) is 1. The molecule has 2 N–H and O–H groups in total. The van der Waals surface area contributed by atoms with Crippen LogP contribution < -0.4 is 5.32 Å².